The molecule has 26 heavy (non-hydrogen) atoms. The van der Waals surface area contributed by atoms with Gasteiger partial charge in [0.05, 0.1) is 17.6 Å². The van der Waals surface area contributed by atoms with Gasteiger partial charge in [0.15, 0.2) is 6.23 Å². The minimum absolute atomic E-state index is 0.114. The molecule has 3 rings (SSSR count). The number of ether oxygens (including phenoxy) is 1. The second-order valence-corrected chi connectivity index (χ2v) is 6.01. The average Bonchev–Trinajstić information content (AvgIpc) is 3.09. The maximum atomic E-state index is 11.3. The number of anilines is 1. The van der Waals surface area contributed by atoms with E-state index in [-0.39, 0.29) is 11.5 Å². The van der Waals surface area contributed by atoms with Crippen molar-refractivity contribution in [2.45, 2.75) is 31.0 Å². The van der Waals surface area contributed by atoms with Crippen LogP contribution in [0.5, 0.6) is 0 Å². The molecule has 0 bridgehead atoms. The summed E-state index contributed by atoms with van der Waals surface area (Å²) in [6.45, 7) is 0.898. The molecule has 1 saturated heterocycles. The SMILES string of the molecule is C[C@@]1(O)[C@H](O)[C@@H](CO)O[C@H]1n1cc(C#CC(=O)NN)c2c(N)ncnc21. The van der Waals surface area contributed by atoms with E-state index in [4.69, 9.17) is 16.3 Å². The van der Waals surface area contributed by atoms with E-state index in [2.05, 4.69) is 21.8 Å². The summed E-state index contributed by atoms with van der Waals surface area (Å²) in [6, 6.07) is 0. The third-order valence-electron chi connectivity index (χ3n) is 4.27. The quantitative estimate of drug-likeness (QED) is 0.144. The van der Waals surface area contributed by atoms with E-state index in [1.165, 1.54) is 24.0 Å². The number of amides is 1. The number of aliphatic hydroxyl groups excluding tert-OH is 2. The molecule has 1 aliphatic heterocycles. The lowest BCUT2D eigenvalue weighted by molar-refractivity contribution is -0.115. The summed E-state index contributed by atoms with van der Waals surface area (Å²) >= 11 is 0. The van der Waals surface area contributed by atoms with Gasteiger partial charge in [-0.2, -0.15) is 0 Å². The van der Waals surface area contributed by atoms with Gasteiger partial charge < -0.3 is 30.4 Å². The molecule has 3 heterocycles. The number of nitrogens with two attached hydrogens (primary N) is 2. The van der Waals surface area contributed by atoms with Crippen LogP contribution in [0.3, 0.4) is 0 Å². The minimum atomic E-state index is -1.72. The van der Waals surface area contributed by atoms with E-state index in [9.17, 15) is 20.1 Å². The molecule has 1 fully saturated rings. The Hall–Kier alpha value is -2.75. The van der Waals surface area contributed by atoms with Crippen LogP contribution >= 0.6 is 0 Å². The molecule has 0 unspecified atom stereocenters. The number of nitrogen functional groups attached to an aromatic ring is 1. The number of carbonyl (C=O) groups excluding carboxylic acids is 1. The summed E-state index contributed by atoms with van der Waals surface area (Å²) in [5, 5.41) is 30.6. The number of aliphatic hydroxyl groups is 3. The van der Waals surface area contributed by atoms with E-state index in [1.807, 2.05) is 5.43 Å². The van der Waals surface area contributed by atoms with Crippen molar-refractivity contribution in [1.82, 2.24) is 20.0 Å². The summed E-state index contributed by atoms with van der Waals surface area (Å²) in [5.41, 5.74) is 6.66. The Bertz CT molecular complexity index is 914. The molecule has 1 amide bonds. The van der Waals surface area contributed by atoms with Gasteiger partial charge in [0.1, 0.15) is 35.6 Å². The molecule has 0 spiro atoms. The molecule has 1 aliphatic rings. The van der Waals surface area contributed by atoms with Crippen molar-refractivity contribution in [3.8, 4) is 11.8 Å². The molecular formula is C15H18N6O5. The topological polar surface area (TPSA) is 182 Å². The fourth-order valence-electron chi connectivity index (χ4n) is 2.93. The van der Waals surface area contributed by atoms with Gasteiger partial charge in [-0.05, 0) is 6.92 Å². The highest BCUT2D eigenvalue weighted by Crippen LogP contribution is 2.40. The number of nitrogens with zero attached hydrogens (tertiary/aromatic N) is 3. The summed E-state index contributed by atoms with van der Waals surface area (Å²) in [5.74, 6) is 9.30. The predicted octanol–water partition coefficient (Wildman–Crippen LogP) is -2.64. The lowest BCUT2D eigenvalue weighted by atomic mass is 9.96. The first-order chi connectivity index (χ1) is 12.3. The van der Waals surface area contributed by atoms with E-state index in [0.717, 1.165) is 0 Å². The molecule has 11 nitrogen and oxygen atoms in total. The molecule has 2 aromatic heterocycles. The highest BCUT2D eigenvalue weighted by atomic mass is 16.6. The third-order valence-corrected chi connectivity index (χ3v) is 4.27. The average molecular weight is 362 g/mol. The number of rotatable bonds is 2. The summed E-state index contributed by atoms with van der Waals surface area (Å²) in [4.78, 5) is 19.3. The highest BCUT2D eigenvalue weighted by molar-refractivity contribution is 5.97. The Kier molecular flexibility index (Phi) is 4.53. The van der Waals surface area contributed by atoms with Crippen molar-refractivity contribution < 1.29 is 24.9 Å². The van der Waals surface area contributed by atoms with E-state index in [1.54, 1.807) is 0 Å². The second-order valence-electron chi connectivity index (χ2n) is 6.01. The number of hydrogen-bond donors (Lipinski definition) is 6. The molecule has 0 saturated carbocycles. The van der Waals surface area contributed by atoms with Crippen molar-refractivity contribution >= 4 is 22.8 Å². The van der Waals surface area contributed by atoms with Crippen LogP contribution in [-0.4, -0.2) is 60.2 Å². The number of fused-ring (bicyclic) bond motifs is 1. The second kappa shape index (κ2) is 6.52. The minimum Gasteiger partial charge on any atom is -0.394 e. The van der Waals surface area contributed by atoms with Crippen molar-refractivity contribution in [3.63, 3.8) is 0 Å². The largest absolute Gasteiger partial charge is 0.394 e. The predicted molar refractivity (Wildman–Crippen MR) is 88.8 cm³/mol. The van der Waals surface area contributed by atoms with Crippen LogP contribution < -0.4 is 17.0 Å². The van der Waals surface area contributed by atoms with Gasteiger partial charge in [0, 0.05) is 12.1 Å². The molecule has 8 N–H and O–H groups in total. The Labute approximate surface area is 147 Å². The van der Waals surface area contributed by atoms with Gasteiger partial charge in [-0.25, -0.2) is 15.8 Å². The molecule has 4 atom stereocenters. The smallest absolute Gasteiger partial charge is 0.310 e. The van der Waals surface area contributed by atoms with Crippen molar-refractivity contribution in [2.24, 2.45) is 5.84 Å². The van der Waals surface area contributed by atoms with E-state index in [0.29, 0.717) is 10.9 Å². The first kappa shape index (κ1) is 18.1. The molecule has 0 aliphatic carbocycles. The maximum absolute atomic E-state index is 11.3. The summed E-state index contributed by atoms with van der Waals surface area (Å²) in [7, 11) is 0. The first-order valence-corrected chi connectivity index (χ1v) is 7.61. The van der Waals surface area contributed by atoms with E-state index >= 15 is 0 Å². The van der Waals surface area contributed by atoms with Crippen LogP contribution in [0.25, 0.3) is 11.0 Å². The van der Waals surface area contributed by atoms with Crippen LogP contribution in [0, 0.1) is 11.8 Å². The van der Waals surface area contributed by atoms with Gasteiger partial charge in [-0.3, -0.25) is 10.2 Å². The Morgan fingerprint density at radius 2 is 2.27 bits per heavy atom. The summed E-state index contributed by atoms with van der Waals surface area (Å²) in [6.07, 6.45) is -0.694. The molecule has 0 radical (unpaired) electrons. The van der Waals surface area contributed by atoms with Gasteiger partial charge in [-0.15, -0.1) is 0 Å². The zero-order valence-corrected chi connectivity index (χ0v) is 13.7. The van der Waals surface area contributed by atoms with Gasteiger partial charge in [-0.1, -0.05) is 5.92 Å². The molecule has 11 heteroatoms. The number of nitrogens with one attached hydrogen (secondary N) is 1. The highest BCUT2D eigenvalue weighted by Gasteiger charge is 2.53. The Morgan fingerprint density at radius 1 is 1.54 bits per heavy atom. The fourth-order valence-corrected chi connectivity index (χ4v) is 2.93. The Morgan fingerprint density at radius 3 is 2.88 bits per heavy atom. The third kappa shape index (κ3) is 2.75. The number of carbonyl (C=O) groups is 1. The molecule has 138 valence electrons. The van der Waals surface area contributed by atoms with Crippen LogP contribution in [0.4, 0.5) is 5.82 Å². The molecule has 2 aromatic rings. The fraction of sp³-hybridized carbons (Fsp3) is 0.400. The first-order valence-electron chi connectivity index (χ1n) is 7.61. The van der Waals surface area contributed by atoms with Crippen LogP contribution in [0.2, 0.25) is 0 Å². The number of aromatic nitrogens is 3. The zero-order valence-electron chi connectivity index (χ0n) is 13.7. The van der Waals surface area contributed by atoms with Gasteiger partial charge in [0.25, 0.3) is 0 Å². The number of hydrogen-bond acceptors (Lipinski definition) is 9. The van der Waals surface area contributed by atoms with Gasteiger partial charge >= 0.3 is 5.91 Å². The molecule has 0 aromatic carbocycles. The van der Waals surface area contributed by atoms with Crippen LogP contribution in [-0.2, 0) is 9.53 Å². The van der Waals surface area contributed by atoms with Crippen LogP contribution in [0.1, 0.15) is 18.7 Å². The number of hydrazine groups is 1. The zero-order chi connectivity index (χ0) is 19.1. The maximum Gasteiger partial charge on any atom is 0.310 e. The van der Waals surface area contributed by atoms with Crippen molar-refractivity contribution in [2.75, 3.05) is 12.3 Å². The van der Waals surface area contributed by atoms with E-state index < -0.39 is 36.6 Å². The molecular weight excluding hydrogens is 344 g/mol. The standard InChI is InChI=1S/C15H18N6O5/c1-15(25)11(24)8(5-22)26-14(15)21-4-7(2-3-9(23)20-17)10-12(16)18-6-19-13(10)21/h4,6,8,11,14,22,24-25H,5,17H2,1H3,(H,20,23)(H2,16,18,19)/t8-,11-,14-,15-/m1/s1. The van der Waals surface area contributed by atoms with Crippen LogP contribution in [0.15, 0.2) is 12.5 Å². The monoisotopic (exact) mass is 362 g/mol. The van der Waals surface area contributed by atoms with Gasteiger partial charge in [0.2, 0.25) is 0 Å². The normalized spacial score (nSPS) is 28.0. The summed E-state index contributed by atoms with van der Waals surface area (Å²) < 4.78 is 7.02. The van der Waals surface area contributed by atoms with Crippen molar-refractivity contribution in [3.05, 3.63) is 18.1 Å². The lowest BCUT2D eigenvalue weighted by Crippen LogP contribution is -2.44. The Balaban J connectivity index is 2.17. The van der Waals surface area contributed by atoms with Crippen molar-refractivity contribution in [1.29, 1.82) is 0 Å². The lowest BCUT2D eigenvalue weighted by Gasteiger charge is -2.27.